The summed E-state index contributed by atoms with van der Waals surface area (Å²) >= 11 is 0. The Morgan fingerprint density at radius 3 is 2.88 bits per heavy atom. The van der Waals surface area contributed by atoms with Crippen LogP contribution in [0, 0.1) is 17.6 Å². The van der Waals surface area contributed by atoms with Gasteiger partial charge in [0.2, 0.25) is 0 Å². The fourth-order valence-corrected chi connectivity index (χ4v) is 2.10. The number of halogens is 2. The largest absolute Gasteiger partial charge is 0.378 e. The second kappa shape index (κ2) is 5.56. The zero-order valence-electron chi connectivity index (χ0n) is 9.88. The molecule has 2 atom stereocenters. The lowest BCUT2D eigenvalue weighted by molar-refractivity contribution is 0.105. The molecule has 2 rings (SSSR count). The van der Waals surface area contributed by atoms with Crippen LogP contribution in [0.3, 0.4) is 0 Å². The van der Waals surface area contributed by atoms with Gasteiger partial charge in [-0.2, -0.15) is 0 Å². The Bertz CT molecular complexity index is 384. The minimum absolute atomic E-state index is 0.264. The smallest absolute Gasteiger partial charge is 0.130 e. The van der Waals surface area contributed by atoms with Crippen molar-refractivity contribution in [2.45, 2.75) is 26.0 Å². The number of rotatable bonds is 4. The molecule has 1 aromatic carbocycles. The van der Waals surface area contributed by atoms with E-state index >= 15 is 0 Å². The molecule has 1 fully saturated rings. The van der Waals surface area contributed by atoms with Gasteiger partial charge in [-0.15, -0.1) is 0 Å². The fourth-order valence-electron chi connectivity index (χ4n) is 2.10. The quantitative estimate of drug-likeness (QED) is 0.874. The van der Waals surface area contributed by atoms with Crippen molar-refractivity contribution in [3.8, 4) is 0 Å². The predicted octanol–water partition coefficient (Wildman–Crippen LogP) is 2.48. The molecule has 2 nitrogen and oxygen atoms in total. The third-order valence-electron chi connectivity index (χ3n) is 3.27. The van der Waals surface area contributed by atoms with Crippen LogP contribution in [0.25, 0.3) is 0 Å². The van der Waals surface area contributed by atoms with E-state index < -0.39 is 11.6 Å². The molecule has 0 saturated carbocycles. The number of ether oxygens (including phenoxy) is 1. The Balaban J connectivity index is 1.81. The van der Waals surface area contributed by atoms with Crippen molar-refractivity contribution in [2.75, 3.05) is 13.2 Å². The van der Waals surface area contributed by atoms with E-state index in [0.29, 0.717) is 18.0 Å². The normalized spacial score (nSPS) is 24.2. The van der Waals surface area contributed by atoms with Gasteiger partial charge in [-0.3, -0.25) is 0 Å². The van der Waals surface area contributed by atoms with Gasteiger partial charge in [0.15, 0.2) is 0 Å². The molecule has 0 aromatic heterocycles. The second-order valence-corrected chi connectivity index (χ2v) is 4.49. The highest BCUT2D eigenvalue weighted by Gasteiger charge is 2.23. The second-order valence-electron chi connectivity index (χ2n) is 4.49. The first kappa shape index (κ1) is 12.5. The van der Waals surface area contributed by atoms with Crippen LogP contribution in [-0.2, 0) is 11.3 Å². The zero-order valence-corrected chi connectivity index (χ0v) is 9.88. The molecule has 1 aliphatic rings. The highest BCUT2D eigenvalue weighted by molar-refractivity contribution is 5.18. The average Bonchev–Trinajstić information content (AvgIpc) is 2.68. The van der Waals surface area contributed by atoms with Crippen molar-refractivity contribution >= 4 is 0 Å². The van der Waals surface area contributed by atoms with E-state index in [0.717, 1.165) is 25.6 Å². The standard InChI is InChI=1S/C13H17F2NO/c1-9-10(4-5-17-9)7-16-8-11-2-3-12(14)6-13(11)15/h2-3,6,9-10,16H,4-5,7-8H2,1H3. The van der Waals surface area contributed by atoms with Crippen LogP contribution in [0.2, 0.25) is 0 Å². The topological polar surface area (TPSA) is 21.3 Å². The van der Waals surface area contributed by atoms with Gasteiger partial charge in [-0.05, 0) is 25.3 Å². The fraction of sp³-hybridized carbons (Fsp3) is 0.538. The van der Waals surface area contributed by atoms with Gasteiger partial charge in [0.25, 0.3) is 0 Å². The van der Waals surface area contributed by atoms with Crippen LogP contribution < -0.4 is 5.32 Å². The summed E-state index contributed by atoms with van der Waals surface area (Å²) in [7, 11) is 0. The van der Waals surface area contributed by atoms with E-state index in [1.807, 2.05) is 0 Å². The maximum Gasteiger partial charge on any atom is 0.130 e. The van der Waals surface area contributed by atoms with Crippen LogP contribution in [0.4, 0.5) is 8.78 Å². The minimum Gasteiger partial charge on any atom is -0.378 e. The van der Waals surface area contributed by atoms with Crippen LogP contribution in [-0.4, -0.2) is 19.3 Å². The summed E-state index contributed by atoms with van der Waals surface area (Å²) < 4.78 is 31.5. The lowest BCUT2D eigenvalue weighted by atomic mass is 10.0. The molecular formula is C13H17F2NO. The van der Waals surface area contributed by atoms with Crippen molar-refractivity contribution < 1.29 is 13.5 Å². The van der Waals surface area contributed by atoms with E-state index in [2.05, 4.69) is 12.2 Å². The average molecular weight is 241 g/mol. The molecule has 4 heteroatoms. The summed E-state index contributed by atoms with van der Waals surface area (Å²) in [5.74, 6) is -0.546. The van der Waals surface area contributed by atoms with Gasteiger partial charge < -0.3 is 10.1 Å². The molecule has 0 spiro atoms. The summed E-state index contributed by atoms with van der Waals surface area (Å²) in [6.45, 7) is 4.09. The van der Waals surface area contributed by atoms with Crippen molar-refractivity contribution in [2.24, 2.45) is 5.92 Å². The molecule has 17 heavy (non-hydrogen) atoms. The first-order valence-corrected chi connectivity index (χ1v) is 5.93. The molecule has 0 amide bonds. The molecule has 1 aromatic rings. The molecule has 1 heterocycles. The van der Waals surface area contributed by atoms with Gasteiger partial charge in [0.1, 0.15) is 11.6 Å². The minimum atomic E-state index is -0.538. The molecule has 1 aliphatic heterocycles. The van der Waals surface area contributed by atoms with Crippen molar-refractivity contribution in [1.82, 2.24) is 5.32 Å². The zero-order chi connectivity index (χ0) is 12.3. The number of hydrogen-bond acceptors (Lipinski definition) is 2. The Hall–Kier alpha value is -1.00. The molecule has 1 saturated heterocycles. The van der Waals surface area contributed by atoms with Gasteiger partial charge in [0.05, 0.1) is 6.10 Å². The van der Waals surface area contributed by atoms with Crippen LogP contribution in [0.1, 0.15) is 18.9 Å². The number of benzene rings is 1. The highest BCUT2D eigenvalue weighted by atomic mass is 19.1. The van der Waals surface area contributed by atoms with E-state index in [1.165, 1.54) is 12.1 Å². The van der Waals surface area contributed by atoms with Gasteiger partial charge in [-0.25, -0.2) is 8.78 Å². The summed E-state index contributed by atoms with van der Waals surface area (Å²) in [5.41, 5.74) is 0.498. The molecular weight excluding hydrogens is 224 g/mol. The molecule has 94 valence electrons. The van der Waals surface area contributed by atoms with E-state index in [4.69, 9.17) is 4.74 Å². The Morgan fingerprint density at radius 1 is 1.41 bits per heavy atom. The third-order valence-corrected chi connectivity index (χ3v) is 3.27. The Kier molecular flexibility index (Phi) is 4.07. The first-order valence-electron chi connectivity index (χ1n) is 5.93. The Labute approximate surface area is 100.0 Å². The molecule has 1 N–H and O–H groups in total. The van der Waals surface area contributed by atoms with Crippen molar-refractivity contribution in [1.29, 1.82) is 0 Å². The van der Waals surface area contributed by atoms with E-state index in [1.54, 1.807) is 0 Å². The summed E-state index contributed by atoms with van der Waals surface area (Å²) in [6, 6.07) is 3.67. The lowest BCUT2D eigenvalue weighted by Gasteiger charge is -2.14. The van der Waals surface area contributed by atoms with Gasteiger partial charge in [-0.1, -0.05) is 6.07 Å². The van der Waals surface area contributed by atoms with Crippen molar-refractivity contribution in [3.05, 3.63) is 35.4 Å². The molecule has 2 unspecified atom stereocenters. The SMILES string of the molecule is CC1OCCC1CNCc1ccc(F)cc1F. The summed E-state index contributed by atoms with van der Waals surface area (Å²) in [6.07, 6.45) is 1.31. The molecule has 0 bridgehead atoms. The van der Waals surface area contributed by atoms with E-state index in [9.17, 15) is 8.78 Å². The van der Waals surface area contributed by atoms with Gasteiger partial charge in [0, 0.05) is 31.3 Å². The lowest BCUT2D eigenvalue weighted by Crippen LogP contribution is -2.26. The maximum atomic E-state index is 13.3. The van der Waals surface area contributed by atoms with Crippen molar-refractivity contribution in [3.63, 3.8) is 0 Å². The number of nitrogens with one attached hydrogen (secondary N) is 1. The van der Waals surface area contributed by atoms with Crippen LogP contribution in [0.5, 0.6) is 0 Å². The maximum absolute atomic E-state index is 13.3. The summed E-state index contributed by atoms with van der Waals surface area (Å²) in [5, 5.41) is 3.19. The first-order chi connectivity index (χ1) is 8.16. The highest BCUT2D eigenvalue weighted by Crippen LogP contribution is 2.19. The molecule has 0 aliphatic carbocycles. The van der Waals surface area contributed by atoms with Gasteiger partial charge >= 0.3 is 0 Å². The monoisotopic (exact) mass is 241 g/mol. The van der Waals surface area contributed by atoms with Crippen LogP contribution in [0.15, 0.2) is 18.2 Å². The summed E-state index contributed by atoms with van der Waals surface area (Å²) in [4.78, 5) is 0. The predicted molar refractivity (Wildman–Crippen MR) is 61.6 cm³/mol. The number of hydrogen-bond donors (Lipinski definition) is 1. The van der Waals surface area contributed by atoms with E-state index in [-0.39, 0.29) is 6.10 Å². The Morgan fingerprint density at radius 2 is 2.24 bits per heavy atom. The molecule has 0 radical (unpaired) electrons. The third kappa shape index (κ3) is 3.23. The van der Waals surface area contributed by atoms with Crippen LogP contribution >= 0.6 is 0 Å².